The van der Waals surface area contributed by atoms with Crippen molar-refractivity contribution in [3.63, 3.8) is 0 Å². The number of carbonyl (C=O) groups is 2. The predicted octanol–water partition coefficient (Wildman–Crippen LogP) is 2.70. The van der Waals surface area contributed by atoms with Crippen LogP contribution in [0, 0.1) is 0 Å². The number of alkyl halides is 2. The molecule has 0 bridgehead atoms. The zero-order valence-electron chi connectivity index (χ0n) is 14.0. The van der Waals surface area contributed by atoms with Crippen LogP contribution in [0.2, 0.25) is 0 Å². The molecule has 0 aliphatic heterocycles. The summed E-state index contributed by atoms with van der Waals surface area (Å²) < 4.78 is 28.3. The number of nitrogens with one attached hydrogen (secondary N) is 2. The molecule has 1 aromatic carbocycles. The van der Waals surface area contributed by atoms with E-state index in [0.717, 1.165) is 0 Å². The van der Waals surface area contributed by atoms with Crippen LogP contribution < -0.4 is 10.6 Å². The van der Waals surface area contributed by atoms with Crippen molar-refractivity contribution >= 4 is 17.5 Å². The predicted molar refractivity (Wildman–Crippen MR) is 86.0 cm³/mol. The molecule has 0 aromatic heterocycles. The van der Waals surface area contributed by atoms with Gasteiger partial charge < -0.3 is 15.7 Å². The van der Waals surface area contributed by atoms with Gasteiger partial charge in [-0.2, -0.15) is 8.78 Å². The maximum absolute atomic E-state index is 14.2. The second-order valence-electron chi connectivity index (χ2n) is 7.16. The van der Waals surface area contributed by atoms with Crippen molar-refractivity contribution in [2.75, 3.05) is 5.32 Å². The van der Waals surface area contributed by atoms with E-state index in [1.807, 2.05) is 0 Å². The van der Waals surface area contributed by atoms with Crippen LogP contribution in [0.25, 0.3) is 0 Å². The molecule has 1 saturated carbocycles. The molecule has 1 aliphatic rings. The van der Waals surface area contributed by atoms with Crippen molar-refractivity contribution in [2.24, 2.45) is 0 Å². The number of rotatable bonds is 4. The summed E-state index contributed by atoms with van der Waals surface area (Å²) in [7, 11) is 0. The molecule has 1 aliphatic carbocycles. The maximum atomic E-state index is 14.2. The average Bonchev–Trinajstić information content (AvgIpc) is 2.43. The fourth-order valence-electron chi connectivity index (χ4n) is 2.44. The topological polar surface area (TPSA) is 78.4 Å². The first-order valence-corrected chi connectivity index (χ1v) is 7.79. The molecule has 1 aromatic rings. The van der Waals surface area contributed by atoms with Crippen molar-refractivity contribution in [3.05, 3.63) is 29.8 Å². The molecule has 0 heterocycles. The van der Waals surface area contributed by atoms with Crippen molar-refractivity contribution in [3.8, 4) is 0 Å². The summed E-state index contributed by atoms with van der Waals surface area (Å²) in [5.41, 5.74) is -2.76. The first-order valence-electron chi connectivity index (χ1n) is 7.79. The minimum atomic E-state index is -3.92. The number of benzene rings is 1. The molecule has 0 saturated heterocycles. The SMILES string of the molecule is CC(C)(C)NC(=O)c1ccccc1NC(=O)C(F)(F)C1(O)CCC1. The molecule has 0 unspecified atom stereocenters. The monoisotopic (exact) mass is 340 g/mol. The van der Waals surface area contributed by atoms with Gasteiger partial charge in [-0.3, -0.25) is 9.59 Å². The highest BCUT2D eigenvalue weighted by Crippen LogP contribution is 2.44. The Hall–Kier alpha value is -2.02. The fraction of sp³-hybridized carbons (Fsp3) is 0.529. The molecular weight excluding hydrogens is 318 g/mol. The van der Waals surface area contributed by atoms with Gasteiger partial charge in [0.2, 0.25) is 0 Å². The molecule has 1 fully saturated rings. The zero-order valence-corrected chi connectivity index (χ0v) is 14.0. The molecule has 5 nitrogen and oxygen atoms in total. The quantitative estimate of drug-likeness (QED) is 0.788. The summed E-state index contributed by atoms with van der Waals surface area (Å²) in [5, 5.41) is 14.6. The first-order chi connectivity index (χ1) is 11.0. The van der Waals surface area contributed by atoms with E-state index in [0.29, 0.717) is 6.42 Å². The number of para-hydroxylation sites is 1. The molecule has 0 spiro atoms. The van der Waals surface area contributed by atoms with Gasteiger partial charge in [-0.15, -0.1) is 0 Å². The number of carbonyl (C=O) groups excluding carboxylic acids is 2. The zero-order chi connectivity index (χ0) is 18.2. The Morgan fingerprint density at radius 2 is 1.75 bits per heavy atom. The van der Waals surface area contributed by atoms with Crippen LogP contribution in [-0.4, -0.2) is 34.0 Å². The molecule has 7 heteroatoms. The van der Waals surface area contributed by atoms with Gasteiger partial charge in [0, 0.05) is 5.54 Å². The van der Waals surface area contributed by atoms with Crippen LogP contribution in [0.4, 0.5) is 14.5 Å². The highest BCUT2D eigenvalue weighted by Gasteiger charge is 2.61. The van der Waals surface area contributed by atoms with Gasteiger partial charge in [0.25, 0.3) is 11.8 Å². The van der Waals surface area contributed by atoms with Gasteiger partial charge in [-0.05, 0) is 52.2 Å². The Morgan fingerprint density at radius 1 is 1.17 bits per heavy atom. The highest BCUT2D eigenvalue weighted by atomic mass is 19.3. The fourth-order valence-corrected chi connectivity index (χ4v) is 2.44. The Bertz CT molecular complexity index is 649. The van der Waals surface area contributed by atoms with Crippen LogP contribution in [0.5, 0.6) is 0 Å². The molecule has 2 rings (SSSR count). The number of halogens is 2. The van der Waals surface area contributed by atoms with Gasteiger partial charge >= 0.3 is 5.92 Å². The standard InChI is InChI=1S/C17H22F2N2O3/c1-15(2,3)21-13(22)11-7-4-5-8-12(11)20-14(23)17(18,19)16(24)9-6-10-16/h4-5,7-8,24H,6,9-10H2,1-3H3,(H,20,23)(H,21,22). The van der Waals surface area contributed by atoms with E-state index in [9.17, 15) is 23.5 Å². The average molecular weight is 340 g/mol. The largest absolute Gasteiger partial charge is 0.383 e. The number of hydrogen-bond acceptors (Lipinski definition) is 3. The second-order valence-corrected chi connectivity index (χ2v) is 7.16. The number of aliphatic hydroxyl groups is 1. The molecule has 24 heavy (non-hydrogen) atoms. The molecule has 0 radical (unpaired) electrons. The number of anilines is 1. The Labute approximate surface area is 139 Å². The minimum Gasteiger partial charge on any atom is -0.383 e. The van der Waals surface area contributed by atoms with Crippen molar-refractivity contribution in [1.29, 1.82) is 0 Å². The summed E-state index contributed by atoms with van der Waals surface area (Å²) in [4.78, 5) is 24.3. The summed E-state index contributed by atoms with van der Waals surface area (Å²) in [6, 6.07) is 5.91. The third kappa shape index (κ3) is 3.56. The van der Waals surface area contributed by atoms with Crippen LogP contribution in [0.15, 0.2) is 24.3 Å². The van der Waals surface area contributed by atoms with E-state index in [4.69, 9.17) is 0 Å². The van der Waals surface area contributed by atoms with Crippen LogP contribution in [0.3, 0.4) is 0 Å². The first kappa shape index (κ1) is 18.3. The number of hydrogen-bond donors (Lipinski definition) is 3. The van der Waals surface area contributed by atoms with E-state index < -0.39 is 28.9 Å². The lowest BCUT2D eigenvalue weighted by Crippen LogP contribution is -2.59. The van der Waals surface area contributed by atoms with Crippen molar-refractivity contribution < 1.29 is 23.5 Å². The molecule has 0 atom stereocenters. The minimum absolute atomic E-state index is 0.0214. The molecular formula is C17H22F2N2O3. The maximum Gasteiger partial charge on any atom is 0.352 e. The van der Waals surface area contributed by atoms with Crippen molar-refractivity contribution in [2.45, 2.75) is 57.1 Å². The van der Waals surface area contributed by atoms with E-state index in [-0.39, 0.29) is 24.1 Å². The van der Waals surface area contributed by atoms with Crippen molar-refractivity contribution in [1.82, 2.24) is 5.32 Å². The van der Waals surface area contributed by atoms with E-state index >= 15 is 0 Å². The lowest BCUT2D eigenvalue weighted by Gasteiger charge is -2.41. The van der Waals surface area contributed by atoms with Gasteiger partial charge in [0.05, 0.1) is 11.3 Å². The van der Waals surface area contributed by atoms with E-state index in [2.05, 4.69) is 10.6 Å². The van der Waals surface area contributed by atoms with Crippen LogP contribution in [0.1, 0.15) is 50.4 Å². The van der Waals surface area contributed by atoms with Gasteiger partial charge in [-0.1, -0.05) is 12.1 Å². The van der Waals surface area contributed by atoms with Gasteiger partial charge in [0.15, 0.2) is 0 Å². The van der Waals surface area contributed by atoms with Crippen LogP contribution >= 0.6 is 0 Å². The second kappa shape index (κ2) is 6.12. The van der Waals surface area contributed by atoms with Crippen LogP contribution in [-0.2, 0) is 4.79 Å². The summed E-state index contributed by atoms with van der Waals surface area (Å²) in [6.07, 6.45) is 0.198. The molecule has 2 amide bonds. The van der Waals surface area contributed by atoms with Gasteiger partial charge in [0.1, 0.15) is 5.60 Å². The highest BCUT2D eigenvalue weighted by molar-refractivity contribution is 6.05. The number of amides is 2. The summed E-state index contributed by atoms with van der Waals surface area (Å²) >= 11 is 0. The van der Waals surface area contributed by atoms with E-state index in [1.165, 1.54) is 18.2 Å². The van der Waals surface area contributed by atoms with Gasteiger partial charge in [-0.25, -0.2) is 0 Å². The lowest BCUT2D eigenvalue weighted by atomic mass is 9.75. The summed E-state index contributed by atoms with van der Waals surface area (Å²) in [5.74, 6) is -6.01. The smallest absolute Gasteiger partial charge is 0.352 e. The third-order valence-corrected chi connectivity index (χ3v) is 3.96. The molecule has 132 valence electrons. The Balaban J connectivity index is 2.21. The summed E-state index contributed by atoms with van der Waals surface area (Å²) in [6.45, 7) is 5.35. The van der Waals surface area contributed by atoms with E-state index in [1.54, 1.807) is 26.8 Å². The Morgan fingerprint density at radius 3 is 2.25 bits per heavy atom. The third-order valence-electron chi connectivity index (χ3n) is 3.96. The normalized spacial score (nSPS) is 16.9. The lowest BCUT2D eigenvalue weighted by molar-refractivity contribution is -0.212. The molecule has 3 N–H and O–H groups in total. The Kier molecular flexibility index (Phi) is 4.68.